The molecular weight excluding hydrogens is 752 g/mol. The summed E-state index contributed by atoms with van der Waals surface area (Å²) in [6, 6.07) is 13.3. The number of fused-ring (bicyclic) bond motifs is 2. The number of nitrogens with one attached hydrogen (secondary N) is 3. The Balaban J connectivity index is 0.866. The quantitative estimate of drug-likeness (QED) is 0.174. The molecule has 3 saturated heterocycles. The van der Waals surface area contributed by atoms with Crippen LogP contribution in [0.15, 0.2) is 53.5 Å². The molecule has 3 aromatic heterocycles. The fourth-order valence-corrected chi connectivity index (χ4v) is 8.23. The van der Waals surface area contributed by atoms with Gasteiger partial charge >= 0.3 is 0 Å². The van der Waals surface area contributed by atoms with Crippen LogP contribution in [0.3, 0.4) is 0 Å². The van der Waals surface area contributed by atoms with Crippen LogP contribution in [0.4, 0.5) is 23.1 Å². The van der Waals surface area contributed by atoms with E-state index < -0.39 is 5.92 Å². The number of para-hydroxylation sites is 1. The lowest BCUT2D eigenvalue weighted by Gasteiger charge is -2.38. The first kappa shape index (κ1) is 38.1. The van der Waals surface area contributed by atoms with Crippen molar-refractivity contribution in [2.75, 3.05) is 55.0 Å². The van der Waals surface area contributed by atoms with Gasteiger partial charge in [-0.25, -0.2) is 4.98 Å². The van der Waals surface area contributed by atoms with Gasteiger partial charge in [-0.2, -0.15) is 10.1 Å². The van der Waals surface area contributed by atoms with Crippen molar-refractivity contribution in [1.29, 1.82) is 0 Å². The van der Waals surface area contributed by atoms with E-state index in [1.54, 1.807) is 19.3 Å². The van der Waals surface area contributed by atoms with Crippen molar-refractivity contribution in [2.24, 2.45) is 14.1 Å². The molecule has 3 aliphatic rings. The molecule has 2 aromatic carbocycles. The van der Waals surface area contributed by atoms with E-state index in [2.05, 4.69) is 36.8 Å². The average molecular weight is 797 g/mol. The number of carbonyl (C=O) groups is 3. The third-order valence-electron chi connectivity index (χ3n) is 11.2. The zero-order chi connectivity index (χ0) is 39.8. The van der Waals surface area contributed by atoms with E-state index in [1.165, 1.54) is 11.6 Å². The van der Waals surface area contributed by atoms with Crippen LogP contribution in [0.2, 0.25) is 5.02 Å². The summed E-state index contributed by atoms with van der Waals surface area (Å²) in [7, 11) is 5.08. The summed E-state index contributed by atoms with van der Waals surface area (Å²) in [6.45, 7) is 2.91. The highest BCUT2D eigenvalue weighted by molar-refractivity contribution is 6.33. The molecule has 16 nitrogen and oxygen atoms in total. The summed E-state index contributed by atoms with van der Waals surface area (Å²) in [5, 5.41) is 15.1. The number of amides is 3. The maximum atomic E-state index is 12.8. The minimum atomic E-state index is -0.438. The van der Waals surface area contributed by atoms with Crippen molar-refractivity contribution in [3.05, 3.63) is 69.7 Å². The normalized spacial score (nSPS) is 18.3. The number of hydrogen-bond donors (Lipinski definition) is 3. The molecule has 3 aliphatic heterocycles. The van der Waals surface area contributed by atoms with Crippen molar-refractivity contribution in [2.45, 2.75) is 56.7 Å². The van der Waals surface area contributed by atoms with Gasteiger partial charge in [0.1, 0.15) is 5.02 Å². The second-order valence-corrected chi connectivity index (χ2v) is 15.2. The van der Waals surface area contributed by atoms with Gasteiger partial charge in [0.05, 0.1) is 46.7 Å². The predicted octanol–water partition coefficient (Wildman–Crippen LogP) is 3.91. The van der Waals surface area contributed by atoms with E-state index in [0.717, 1.165) is 79.5 Å². The Kier molecular flexibility index (Phi) is 10.7. The summed E-state index contributed by atoms with van der Waals surface area (Å²) in [5.74, 6) is -0.170. The van der Waals surface area contributed by atoms with E-state index in [-0.39, 0.29) is 47.8 Å². The fraction of sp³-hybridized carbons (Fsp3) is 0.425. The number of benzene rings is 2. The standard InChI is InChI=1S/C40H45ClN10O6/c1-42-34(53)22-56-32-20-23-19-24(7-9-30(23)48(2)39(32)55)44-37-29(41)21-43-40(46-37)51-17-13-26(14-18-51)57-25-11-15-50(16-12-25)31-6-4-5-27-35(47-49(3)36(27)31)28-8-10-33(52)45-38(28)54/h4-7,9,19-21,25-26,28H,8,10-18,22H2,1-3H3,(H,42,53)(H,43,44,46)(H,45,52,54). The van der Waals surface area contributed by atoms with Gasteiger partial charge in [0.15, 0.2) is 18.2 Å². The number of ether oxygens (including phenoxy) is 2. The van der Waals surface area contributed by atoms with Gasteiger partial charge in [-0.3, -0.25) is 29.2 Å². The Morgan fingerprint density at radius 3 is 2.42 bits per heavy atom. The van der Waals surface area contributed by atoms with Crippen molar-refractivity contribution in [3.8, 4) is 5.75 Å². The Bertz CT molecular complexity index is 2420. The molecule has 0 bridgehead atoms. The number of hydrogen-bond acceptors (Lipinski definition) is 12. The van der Waals surface area contributed by atoms with Crippen LogP contribution in [0.5, 0.6) is 5.75 Å². The first-order chi connectivity index (χ1) is 27.6. The number of halogens is 1. The number of piperidine rings is 3. The second kappa shape index (κ2) is 16.0. The van der Waals surface area contributed by atoms with Crippen LogP contribution in [0.25, 0.3) is 21.8 Å². The number of rotatable bonds is 10. The van der Waals surface area contributed by atoms with Gasteiger partial charge in [0.2, 0.25) is 17.8 Å². The third kappa shape index (κ3) is 7.83. The molecule has 17 heteroatoms. The van der Waals surface area contributed by atoms with E-state index >= 15 is 0 Å². The number of aromatic nitrogens is 5. The molecule has 6 heterocycles. The molecule has 57 heavy (non-hydrogen) atoms. The summed E-state index contributed by atoms with van der Waals surface area (Å²) in [6.07, 6.45) is 6.17. The predicted molar refractivity (Wildman–Crippen MR) is 216 cm³/mol. The SMILES string of the molecule is CNC(=O)COc1cc2cc(Nc3nc(N4CCC(OC5CCN(c6cccc7c(C8CCC(=O)NC8=O)nn(C)c67)CC5)CC4)ncc3Cl)ccc2n(C)c1=O. The topological polar surface area (TPSA) is 178 Å². The number of anilines is 4. The van der Waals surface area contributed by atoms with Crippen molar-refractivity contribution in [3.63, 3.8) is 0 Å². The second-order valence-electron chi connectivity index (χ2n) is 14.8. The summed E-state index contributed by atoms with van der Waals surface area (Å²) in [4.78, 5) is 62.8. The van der Waals surface area contributed by atoms with Crippen LogP contribution >= 0.6 is 11.6 Å². The molecule has 1 unspecified atom stereocenters. The Morgan fingerprint density at radius 1 is 0.965 bits per heavy atom. The van der Waals surface area contributed by atoms with Gasteiger partial charge < -0.3 is 34.5 Å². The number of carbonyl (C=O) groups excluding carboxylic acids is 3. The lowest BCUT2D eigenvalue weighted by Crippen LogP contribution is -2.42. The highest BCUT2D eigenvalue weighted by Crippen LogP contribution is 2.36. The van der Waals surface area contributed by atoms with Gasteiger partial charge in [-0.05, 0) is 62.4 Å². The van der Waals surface area contributed by atoms with Gasteiger partial charge in [0, 0.05) is 70.2 Å². The lowest BCUT2D eigenvalue weighted by atomic mass is 9.92. The molecule has 298 valence electrons. The van der Waals surface area contributed by atoms with Crippen LogP contribution in [-0.2, 0) is 33.2 Å². The molecule has 0 saturated carbocycles. The molecule has 8 rings (SSSR count). The smallest absolute Gasteiger partial charge is 0.293 e. The molecule has 3 fully saturated rings. The molecule has 3 amide bonds. The fourth-order valence-electron chi connectivity index (χ4n) is 8.09. The average Bonchev–Trinajstić information content (AvgIpc) is 3.55. The molecule has 0 spiro atoms. The van der Waals surface area contributed by atoms with Crippen LogP contribution in [-0.4, -0.2) is 94.1 Å². The van der Waals surface area contributed by atoms with Gasteiger partial charge in [0.25, 0.3) is 11.5 Å². The Morgan fingerprint density at radius 2 is 1.70 bits per heavy atom. The van der Waals surface area contributed by atoms with E-state index in [4.69, 9.17) is 31.2 Å². The summed E-state index contributed by atoms with van der Waals surface area (Å²) < 4.78 is 15.5. The lowest BCUT2D eigenvalue weighted by molar-refractivity contribution is -0.134. The Labute approximate surface area is 333 Å². The van der Waals surface area contributed by atoms with E-state index in [9.17, 15) is 19.2 Å². The first-order valence-corrected chi connectivity index (χ1v) is 19.7. The zero-order valence-electron chi connectivity index (χ0n) is 32.1. The molecule has 5 aromatic rings. The molecule has 0 radical (unpaired) electrons. The largest absolute Gasteiger partial charge is 0.478 e. The number of imide groups is 1. The van der Waals surface area contributed by atoms with Gasteiger partial charge in [-0.15, -0.1) is 0 Å². The minimum Gasteiger partial charge on any atom is -0.478 e. The first-order valence-electron chi connectivity index (χ1n) is 19.3. The third-order valence-corrected chi connectivity index (χ3v) is 11.4. The summed E-state index contributed by atoms with van der Waals surface area (Å²) in [5.41, 5.74) is 3.88. The summed E-state index contributed by atoms with van der Waals surface area (Å²) >= 11 is 6.56. The zero-order valence-corrected chi connectivity index (χ0v) is 32.8. The monoisotopic (exact) mass is 796 g/mol. The number of aryl methyl sites for hydroxylation is 2. The molecule has 1 atom stereocenters. The molecule has 0 aliphatic carbocycles. The van der Waals surface area contributed by atoms with Crippen molar-refractivity contribution >= 4 is 74.3 Å². The van der Waals surface area contributed by atoms with Crippen LogP contribution in [0, 0.1) is 0 Å². The van der Waals surface area contributed by atoms with E-state index in [0.29, 0.717) is 40.8 Å². The van der Waals surface area contributed by atoms with E-state index in [1.807, 2.05) is 42.1 Å². The van der Waals surface area contributed by atoms with Gasteiger partial charge in [-0.1, -0.05) is 23.7 Å². The molecule has 3 N–H and O–H groups in total. The van der Waals surface area contributed by atoms with Crippen molar-refractivity contribution < 1.29 is 23.9 Å². The highest BCUT2D eigenvalue weighted by Gasteiger charge is 2.33. The van der Waals surface area contributed by atoms with Crippen LogP contribution in [0.1, 0.15) is 50.1 Å². The molecular formula is C40H45ClN10O6. The number of pyridine rings is 1. The van der Waals surface area contributed by atoms with Crippen molar-refractivity contribution in [1.82, 2.24) is 34.9 Å². The minimum absolute atomic E-state index is 0.0769. The van der Waals surface area contributed by atoms with Crippen LogP contribution < -0.4 is 36.0 Å². The maximum absolute atomic E-state index is 12.8. The highest BCUT2D eigenvalue weighted by atomic mass is 35.5. The Hall–Kier alpha value is -5.74. The number of likely N-dealkylation sites (N-methyl/N-ethyl adjacent to an activating group) is 1. The number of nitrogens with zero attached hydrogens (tertiary/aromatic N) is 7. The maximum Gasteiger partial charge on any atom is 0.293 e.